The Kier molecular flexibility index (Phi) is 12.2. The monoisotopic (exact) mass is 358 g/mol. The molecule has 1 radical (unpaired) electrons. The zero-order valence-corrected chi connectivity index (χ0v) is 12.6. The second kappa shape index (κ2) is 11.9. The zero-order chi connectivity index (χ0) is 16.4. The Hall–Kier alpha value is -1.68. The van der Waals surface area contributed by atoms with Gasteiger partial charge in [-0.05, 0) is 6.42 Å². The largest absolute Gasteiger partial charge is 5.00 e. The maximum atomic E-state index is 10.4. The Labute approximate surface area is 136 Å². The fraction of sp³-hybridized carbons (Fsp3) is 0.636. The standard InChI is InChI=1S/C11H18N2O8.Fe/c14-8(15)4-12(5-9(16)17)2-1-3-13(6-10(18)19)7-11(20)21;/h1-7H2,(H,14,15)(H,16,17)(H,18,19)(H,20,21);/q;+5/p-4. The van der Waals surface area contributed by atoms with Gasteiger partial charge < -0.3 is 39.6 Å². The minimum Gasteiger partial charge on any atom is -0.549 e. The molecule has 0 aliphatic rings. The quantitative estimate of drug-likeness (QED) is 0.306. The van der Waals surface area contributed by atoms with Crippen molar-refractivity contribution in [1.29, 1.82) is 0 Å². The molecule has 0 rings (SSSR count). The van der Waals surface area contributed by atoms with Crippen LogP contribution in [0.2, 0.25) is 0 Å². The van der Waals surface area contributed by atoms with E-state index in [0.717, 1.165) is 9.80 Å². The van der Waals surface area contributed by atoms with E-state index in [1.54, 1.807) is 0 Å². The normalized spacial score (nSPS) is 10.3. The van der Waals surface area contributed by atoms with Crippen molar-refractivity contribution in [2.75, 3.05) is 39.3 Å². The second-order valence-corrected chi connectivity index (χ2v) is 4.26. The topological polar surface area (TPSA) is 167 Å². The second-order valence-electron chi connectivity index (χ2n) is 4.26. The van der Waals surface area contributed by atoms with Crippen LogP contribution in [0, 0.1) is 0 Å². The molecule has 0 aliphatic carbocycles. The Morgan fingerprint density at radius 3 is 1.00 bits per heavy atom. The zero-order valence-electron chi connectivity index (χ0n) is 11.5. The molecule has 0 aliphatic heterocycles. The number of aliphatic carboxylic acids is 4. The van der Waals surface area contributed by atoms with Gasteiger partial charge in [0.2, 0.25) is 0 Å². The summed E-state index contributed by atoms with van der Waals surface area (Å²) < 4.78 is 0. The van der Waals surface area contributed by atoms with Crippen molar-refractivity contribution in [1.82, 2.24) is 9.80 Å². The summed E-state index contributed by atoms with van der Waals surface area (Å²) in [5.74, 6) is -5.90. The van der Waals surface area contributed by atoms with Crippen LogP contribution in [0.15, 0.2) is 0 Å². The van der Waals surface area contributed by atoms with Gasteiger partial charge in [0.15, 0.2) is 0 Å². The molecule has 0 aromatic heterocycles. The van der Waals surface area contributed by atoms with Crippen LogP contribution < -0.4 is 20.4 Å². The van der Waals surface area contributed by atoms with Gasteiger partial charge in [0.05, 0.1) is 23.9 Å². The molecule has 0 aromatic carbocycles. The van der Waals surface area contributed by atoms with E-state index in [1.165, 1.54) is 0 Å². The van der Waals surface area contributed by atoms with Crippen molar-refractivity contribution in [2.24, 2.45) is 0 Å². The molecule has 0 fully saturated rings. The first-order valence-corrected chi connectivity index (χ1v) is 5.94. The number of carboxylic acids is 4. The van der Waals surface area contributed by atoms with Crippen molar-refractivity contribution in [3.05, 3.63) is 0 Å². The van der Waals surface area contributed by atoms with Crippen LogP contribution in [0.1, 0.15) is 6.42 Å². The predicted molar refractivity (Wildman–Crippen MR) is 57.5 cm³/mol. The van der Waals surface area contributed by atoms with Crippen molar-refractivity contribution in [3.63, 3.8) is 0 Å². The van der Waals surface area contributed by atoms with Crippen LogP contribution in [0.5, 0.6) is 0 Å². The minimum absolute atomic E-state index is 0. The molecule has 11 heteroatoms. The fourth-order valence-electron chi connectivity index (χ4n) is 1.68. The number of carboxylic acid groups (broad SMARTS) is 4. The summed E-state index contributed by atoms with van der Waals surface area (Å²) >= 11 is 0. The van der Waals surface area contributed by atoms with Gasteiger partial charge in [0.25, 0.3) is 0 Å². The summed E-state index contributed by atoms with van der Waals surface area (Å²) in [5.41, 5.74) is 0. The first kappa shape index (κ1) is 22.6. The van der Waals surface area contributed by atoms with Gasteiger partial charge >= 0.3 is 17.1 Å². The summed E-state index contributed by atoms with van der Waals surface area (Å²) in [6.45, 7) is -2.55. The average molecular weight is 358 g/mol. The van der Waals surface area contributed by atoms with Gasteiger partial charge in [-0.3, -0.25) is 9.80 Å². The first-order valence-electron chi connectivity index (χ1n) is 5.94. The average Bonchev–Trinajstić information content (AvgIpc) is 2.24. The summed E-state index contributed by atoms with van der Waals surface area (Å²) in [6.07, 6.45) is 0.140. The van der Waals surface area contributed by atoms with Crippen LogP contribution in [0.4, 0.5) is 0 Å². The number of rotatable bonds is 12. The van der Waals surface area contributed by atoms with Gasteiger partial charge in [-0.15, -0.1) is 0 Å². The van der Waals surface area contributed by atoms with E-state index in [0.29, 0.717) is 0 Å². The number of nitrogens with zero attached hydrogens (tertiary/aromatic N) is 2. The van der Waals surface area contributed by atoms with E-state index in [4.69, 9.17) is 0 Å². The van der Waals surface area contributed by atoms with E-state index in [1.807, 2.05) is 0 Å². The molecule has 0 amide bonds. The van der Waals surface area contributed by atoms with Crippen LogP contribution >= 0.6 is 0 Å². The van der Waals surface area contributed by atoms with Gasteiger partial charge in [0, 0.05) is 39.3 Å². The maximum Gasteiger partial charge on any atom is 5.00 e. The van der Waals surface area contributed by atoms with Crippen LogP contribution in [-0.4, -0.2) is 72.9 Å². The fourth-order valence-corrected chi connectivity index (χ4v) is 1.68. The van der Waals surface area contributed by atoms with Crippen molar-refractivity contribution in [3.8, 4) is 0 Å². The molecule has 0 atom stereocenters. The van der Waals surface area contributed by atoms with E-state index in [-0.39, 0.29) is 36.6 Å². The molecular weight excluding hydrogens is 344 g/mol. The molecule has 0 unspecified atom stereocenters. The SMILES string of the molecule is O=C([O-])CN(CCCN(CC(=O)[O-])CC(=O)[O-])CC(=O)[O-].[Fe+5]. The molecule has 10 nitrogen and oxygen atoms in total. The molecule has 123 valence electrons. The summed E-state index contributed by atoms with van der Waals surface area (Å²) in [7, 11) is 0. The Morgan fingerprint density at radius 1 is 0.591 bits per heavy atom. The number of carbonyl (C=O) groups is 4. The minimum atomic E-state index is -1.47. The van der Waals surface area contributed by atoms with E-state index < -0.39 is 50.1 Å². The third-order valence-corrected chi connectivity index (χ3v) is 2.36. The summed E-state index contributed by atoms with van der Waals surface area (Å²) in [5, 5.41) is 41.7. The number of carbonyl (C=O) groups excluding carboxylic acids is 4. The van der Waals surface area contributed by atoms with Crippen molar-refractivity contribution >= 4 is 23.9 Å². The molecular formula is C11H14FeN2O8+. The molecule has 22 heavy (non-hydrogen) atoms. The number of hydrogen-bond acceptors (Lipinski definition) is 10. The van der Waals surface area contributed by atoms with Gasteiger partial charge in [-0.25, -0.2) is 0 Å². The molecule has 0 bridgehead atoms. The van der Waals surface area contributed by atoms with Crippen molar-refractivity contribution in [2.45, 2.75) is 6.42 Å². The third kappa shape index (κ3) is 13.3. The van der Waals surface area contributed by atoms with Crippen molar-refractivity contribution < 1.29 is 56.7 Å². The molecule has 0 N–H and O–H groups in total. The van der Waals surface area contributed by atoms with Gasteiger partial charge in [-0.2, -0.15) is 0 Å². The molecule has 0 saturated carbocycles. The Balaban J connectivity index is 0. The summed E-state index contributed by atoms with van der Waals surface area (Å²) in [6, 6.07) is 0. The Bertz CT molecular complexity index is 336. The molecule has 0 spiro atoms. The maximum absolute atomic E-state index is 10.4. The van der Waals surface area contributed by atoms with E-state index in [2.05, 4.69) is 0 Å². The molecule has 0 heterocycles. The number of hydrogen-bond donors (Lipinski definition) is 0. The summed E-state index contributed by atoms with van der Waals surface area (Å²) in [4.78, 5) is 43.8. The smallest absolute Gasteiger partial charge is 0.549 e. The van der Waals surface area contributed by atoms with Gasteiger partial charge in [-0.1, -0.05) is 0 Å². The van der Waals surface area contributed by atoms with E-state index in [9.17, 15) is 39.6 Å². The first-order chi connectivity index (χ1) is 9.70. The van der Waals surface area contributed by atoms with Crippen LogP contribution in [0.25, 0.3) is 0 Å². The molecule has 0 aromatic rings. The van der Waals surface area contributed by atoms with Gasteiger partial charge in [0.1, 0.15) is 0 Å². The third-order valence-electron chi connectivity index (χ3n) is 2.36. The predicted octanol–water partition coefficient (Wildman–Crippen LogP) is -7.02. The molecule has 0 saturated heterocycles. The van der Waals surface area contributed by atoms with Crippen LogP contribution in [0.3, 0.4) is 0 Å². The Morgan fingerprint density at radius 2 is 0.818 bits per heavy atom. The van der Waals surface area contributed by atoms with E-state index >= 15 is 0 Å². The van der Waals surface area contributed by atoms with Crippen LogP contribution in [-0.2, 0) is 36.2 Å².